The Morgan fingerprint density at radius 3 is 2.48 bits per heavy atom. The van der Waals surface area contributed by atoms with E-state index >= 15 is 0 Å². The van der Waals surface area contributed by atoms with Crippen molar-refractivity contribution in [1.82, 2.24) is 25.4 Å². The zero-order valence-electron chi connectivity index (χ0n) is 28.8. The summed E-state index contributed by atoms with van der Waals surface area (Å²) in [6, 6.07) is 15.8. The van der Waals surface area contributed by atoms with Gasteiger partial charge in [0.05, 0.1) is 17.2 Å². The molecule has 0 aliphatic carbocycles. The number of hydrogen-bond donors (Lipinski definition) is 3. The van der Waals surface area contributed by atoms with E-state index in [1.807, 2.05) is 36.9 Å². The zero-order chi connectivity index (χ0) is 36.7. The SMILES string of the molecule is CCCC(=O)NC(c1cccc(C(=O)N2CCN(c3ccc4c(c3)C(=O)N(C3CCC(=O)NC3=O)C4=O)CC2)c1)c1cc(C)c2cccnc2c1O. The molecule has 2 saturated heterocycles. The molecule has 4 heterocycles. The van der Waals surface area contributed by atoms with E-state index in [-0.39, 0.29) is 41.5 Å². The number of hydrogen-bond acceptors (Lipinski definition) is 9. The molecule has 0 spiro atoms. The second-order valence-electron chi connectivity index (χ2n) is 13.4. The number of phenols is 1. The molecule has 266 valence electrons. The number of piperidine rings is 1. The smallest absolute Gasteiger partial charge is 0.262 e. The van der Waals surface area contributed by atoms with Gasteiger partial charge in [-0.3, -0.25) is 44.0 Å². The van der Waals surface area contributed by atoms with Crippen LogP contribution in [-0.4, -0.2) is 87.6 Å². The van der Waals surface area contributed by atoms with Crippen molar-refractivity contribution in [2.24, 2.45) is 0 Å². The first-order valence-corrected chi connectivity index (χ1v) is 17.4. The molecule has 6 amide bonds. The summed E-state index contributed by atoms with van der Waals surface area (Å²) in [5.74, 6) is -2.62. The number of imide groups is 2. The van der Waals surface area contributed by atoms with Crippen molar-refractivity contribution in [1.29, 1.82) is 0 Å². The molecule has 0 saturated carbocycles. The van der Waals surface area contributed by atoms with Crippen molar-refractivity contribution in [3.8, 4) is 5.75 Å². The van der Waals surface area contributed by atoms with Gasteiger partial charge in [-0.1, -0.05) is 25.1 Å². The number of fused-ring (bicyclic) bond motifs is 2. The van der Waals surface area contributed by atoms with Gasteiger partial charge >= 0.3 is 0 Å². The maximum atomic E-state index is 13.9. The van der Waals surface area contributed by atoms with Gasteiger partial charge in [-0.15, -0.1) is 0 Å². The summed E-state index contributed by atoms with van der Waals surface area (Å²) in [6.07, 6.45) is 2.69. The van der Waals surface area contributed by atoms with Crippen LogP contribution in [0.1, 0.15) is 86.4 Å². The van der Waals surface area contributed by atoms with Crippen LogP contribution in [0.15, 0.2) is 66.9 Å². The number of carbonyl (C=O) groups excluding carboxylic acids is 6. The lowest BCUT2D eigenvalue weighted by atomic mass is 9.92. The van der Waals surface area contributed by atoms with E-state index in [1.165, 1.54) is 0 Å². The second kappa shape index (κ2) is 13.9. The van der Waals surface area contributed by atoms with Gasteiger partial charge in [0.2, 0.25) is 17.7 Å². The maximum Gasteiger partial charge on any atom is 0.262 e. The van der Waals surface area contributed by atoms with E-state index < -0.39 is 35.7 Å². The molecule has 0 bridgehead atoms. The van der Waals surface area contributed by atoms with Gasteiger partial charge in [0.15, 0.2) is 0 Å². The summed E-state index contributed by atoms with van der Waals surface area (Å²) in [5, 5.41) is 17.4. The van der Waals surface area contributed by atoms with Gasteiger partial charge in [0.25, 0.3) is 17.7 Å². The number of nitrogens with one attached hydrogen (secondary N) is 2. The Morgan fingerprint density at radius 1 is 0.962 bits per heavy atom. The highest BCUT2D eigenvalue weighted by Gasteiger charge is 2.45. The molecule has 4 aromatic rings. The first-order valence-electron chi connectivity index (χ1n) is 17.4. The molecule has 2 unspecified atom stereocenters. The largest absolute Gasteiger partial charge is 0.505 e. The fourth-order valence-corrected chi connectivity index (χ4v) is 7.31. The normalized spacial score (nSPS) is 18.0. The predicted molar refractivity (Wildman–Crippen MR) is 191 cm³/mol. The Kier molecular flexibility index (Phi) is 9.18. The highest BCUT2D eigenvalue weighted by Crippen LogP contribution is 2.37. The van der Waals surface area contributed by atoms with Crippen molar-refractivity contribution in [2.45, 2.75) is 51.6 Å². The summed E-state index contributed by atoms with van der Waals surface area (Å²) in [4.78, 5) is 86.4. The quantitative estimate of drug-likeness (QED) is 0.232. The van der Waals surface area contributed by atoms with Gasteiger partial charge in [-0.25, -0.2) is 0 Å². The molecule has 3 aliphatic rings. The molecule has 3 aliphatic heterocycles. The Balaban J connectivity index is 1.08. The Hall–Kier alpha value is -6.11. The van der Waals surface area contributed by atoms with Crippen LogP contribution < -0.4 is 15.5 Å². The number of anilines is 1. The van der Waals surface area contributed by atoms with Crippen LogP contribution in [0.2, 0.25) is 0 Å². The standard InChI is InChI=1S/C39H38N6O7/c1-3-6-31(46)41-33(29-19-22(2)26-9-5-14-40-34(26)35(29)48)23-7-4-8-24(20-23)37(50)44-17-15-43(16-18-44)25-10-11-27-28(21-25)39(52)45(38(27)51)30-12-13-32(47)42-36(30)49/h4-5,7-11,14,19-21,30,33,48H,3,6,12-13,15-18H2,1-2H3,(H,41,46)(H,42,47,49). The predicted octanol–water partition coefficient (Wildman–Crippen LogP) is 3.62. The third-order valence-electron chi connectivity index (χ3n) is 10.0. The molecule has 13 heteroatoms. The lowest BCUT2D eigenvalue weighted by Crippen LogP contribution is -2.54. The number of carbonyl (C=O) groups is 6. The number of pyridine rings is 1. The highest BCUT2D eigenvalue weighted by molar-refractivity contribution is 6.23. The number of amides is 6. The summed E-state index contributed by atoms with van der Waals surface area (Å²) >= 11 is 0. The molecule has 3 aromatic carbocycles. The van der Waals surface area contributed by atoms with E-state index in [0.717, 1.165) is 15.8 Å². The van der Waals surface area contributed by atoms with Crippen molar-refractivity contribution in [2.75, 3.05) is 31.1 Å². The molecule has 0 radical (unpaired) electrons. The number of aromatic nitrogens is 1. The molecule has 2 fully saturated rings. The highest BCUT2D eigenvalue weighted by atomic mass is 16.3. The van der Waals surface area contributed by atoms with Crippen LogP contribution in [0, 0.1) is 6.92 Å². The third-order valence-corrected chi connectivity index (χ3v) is 10.0. The van der Waals surface area contributed by atoms with Gasteiger partial charge in [0.1, 0.15) is 17.3 Å². The third kappa shape index (κ3) is 6.22. The minimum absolute atomic E-state index is 0.0304. The summed E-state index contributed by atoms with van der Waals surface area (Å²) in [7, 11) is 0. The van der Waals surface area contributed by atoms with Crippen molar-refractivity contribution in [3.63, 3.8) is 0 Å². The minimum atomic E-state index is -1.04. The molecular formula is C39H38N6O7. The number of rotatable bonds is 8. The van der Waals surface area contributed by atoms with E-state index in [1.54, 1.807) is 53.6 Å². The number of phenolic OH excluding ortho intramolecular Hbond substituents is 1. The average molecular weight is 703 g/mol. The number of aromatic hydroxyl groups is 1. The van der Waals surface area contributed by atoms with Gasteiger partial charge in [-0.2, -0.15) is 0 Å². The number of aryl methyl sites for hydroxylation is 1. The van der Waals surface area contributed by atoms with Gasteiger partial charge in [0, 0.05) is 67.4 Å². The molecule has 13 nitrogen and oxygen atoms in total. The van der Waals surface area contributed by atoms with E-state index in [2.05, 4.69) is 15.6 Å². The van der Waals surface area contributed by atoms with Crippen LogP contribution >= 0.6 is 0 Å². The van der Waals surface area contributed by atoms with Crippen LogP contribution in [0.3, 0.4) is 0 Å². The number of piperazine rings is 1. The average Bonchev–Trinajstić information content (AvgIpc) is 3.40. The summed E-state index contributed by atoms with van der Waals surface area (Å²) in [5.41, 5.74) is 4.01. The molecule has 1 aromatic heterocycles. The topological polar surface area (TPSA) is 169 Å². The fraction of sp³-hybridized carbons (Fsp3) is 0.308. The van der Waals surface area contributed by atoms with Crippen LogP contribution in [0.4, 0.5) is 5.69 Å². The van der Waals surface area contributed by atoms with Crippen LogP contribution in [0.5, 0.6) is 5.75 Å². The molecule has 3 N–H and O–H groups in total. The Labute approximate surface area is 299 Å². The lowest BCUT2D eigenvalue weighted by Gasteiger charge is -2.36. The lowest BCUT2D eigenvalue weighted by molar-refractivity contribution is -0.136. The maximum absolute atomic E-state index is 13.9. The van der Waals surface area contributed by atoms with Crippen molar-refractivity contribution >= 4 is 52.0 Å². The minimum Gasteiger partial charge on any atom is -0.505 e. The van der Waals surface area contributed by atoms with Crippen molar-refractivity contribution in [3.05, 3.63) is 100 Å². The molecule has 2 atom stereocenters. The van der Waals surface area contributed by atoms with Crippen LogP contribution in [0.25, 0.3) is 10.9 Å². The first kappa shape index (κ1) is 34.3. The Morgan fingerprint density at radius 2 is 1.73 bits per heavy atom. The number of nitrogens with zero attached hydrogens (tertiary/aromatic N) is 4. The Bertz CT molecular complexity index is 2160. The summed E-state index contributed by atoms with van der Waals surface area (Å²) in [6.45, 7) is 5.56. The van der Waals surface area contributed by atoms with Gasteiger partial charge < -0.3 is 20.2 Å². The summed E-state index contributed by atoms with van der Waals surface area (Å²) < 4.78 is 0. The van der Waals surface area contributed by atoms with E-state index in [9.17, 15) is 33.9 Å². The monoisotopic (exact) mass is 702 g/mol. The molecule has 7 rings (SSSR count). The molecular weight excluding hydrogens is 664 g/mol. The van der Waals surface area contributed by atoms with Crippen LogP contribution in [-0.2, 0) is 14.4 Å². The second-order valence-corrected chi connectivity index (χ2v) is 13.4. The number of benzene rings is 3. The van der Waals surface area contributed by atoms with Crippen molar-refractivity contribution < 1.29 is 33.9 Å². The fourth-order valence-electron chi connectivity index (χ4n) is 7.31. The zero-order valence-corrected chi connectivity index (χ0v) is 28.8. The van der Waals surface area contributed by atoms with Gasteiger partial charge in [-0.05, 0) is 73.4 Å². The van der Waals surface area contributed by atoms with E-state index in [0.29, 0.717) is 66.9 Å². The molecule has 52 heavy (non-hydrogen) atoms. The first-order chi connectivity index (χ1) is 25.0. The van der Waals surface area contributed by atoms with E-state index in [4.69, 9.17) is 0 Å².